The highest BCUT2D eigenvalue weighted by Gasteiger charge is 2.19. The van der Waals surface area contributed by atoms with E-state index in [2.05, 4.69) is 4.74 Å². The van der Waals surface area contributed by atoms with Crippen molar-refractivity contribution in [3.05, 3.63) is 51.2 Å². The first kappa shape index (κ1) is 15.3. The molecular formula is C13H6Cl3F3O. The predicted octanol–water partition coefficient (Wildman–Crippen LogP) is 6.05. The molecule has 0 unspecified atom stereocenters. The summed E-state index contributed by atoms with van der Waals surface area (Å²) >= 11 is 17.7. The van der Waals surface area contributed by atoms with Gasteiger partial charge in [-0.25, -0.2) is 4.39 Å². The Labute approximate surface area is 127 Å². The van der Waals surface area contributed by atoms with Crippen LogP contribution < -0.4 is 4.74 Å². The second-order valence-electron chi connectivity index (χ2n) is 3.74. The fraction of sp³-hybridized carbons (Fsp3) is 0.0769. The topological polar surface area (TPSA) is 9.23 Å². The van der Waals surface area contributed by atoms with Gasteiger partial charge in [0.25, 0.3) is 0 Å². The maximum absolute atomic E-state index is 14.0. The van der Waals surface area contributed by atoms with E-state index in [0.29, 0.717) is 0 Å². The summed E-state index contributed by atoms with van der Waals surface area (Å²) in [5.41, 5.74) is -0.139. The van der Waals surface area contributed by atoms with Crippen LogP contribution in [0.4, 0.5) is 13.2 Å². The second kappa shape index (κ2) is 6.12. The lowest BCUT2D eigenvalue weighted by molar-refractivity contribution is -0.0495. The summed E-state index contributed by atoms with van der Waals surface area (Å²) in [4.78, 5) is 0. The third-order valence-electron chi connectivity index (χ3n) is 2.45. The molecule has 2 aromatic rings. The third kappa shape index (κ3) is 3.14. The Bertz CT molecular complexity index is 647. The molecule has 0 aromatic heterocycles. The lowest BCUT2D eigenvalue weighted by atomic mass is 10.0. The van der Waals surface area contributed by atoms with Crippen molar-refractivity contribution in [3.63, 3.8) is 0 Å². The van der Waals surface area contributed by atoms with E-state index in [1.807, 2.05) is 0 Å². The van der Waals surface area contributed by atoms with Gasteiger partial charge in [-0.05, 0) is 24.3 Å². The van der Waals surface area contributed by atoms with Crippen molar-refractivity contribution in [2.45, 2.75) is 6.61 Å². The van der Waals surface area contributed by atoms with Crippen molar-refractivity contribution in [3.8, 4) is 16.9 Å². The molecule has 0 aliphatic heterocycles. The lowest BCUT2D eigenvalue weighted by Crippen LogP contribution is -2.04. The van der Waals surface area contributed by atoms with E-state index in [-0.39, 0.29) is 31.9 Å². The molecule has 2 aromatic carbocycles. The predicted molar refractivity (Wildman–Crippen MR) is 73.5 cm³/mol. The fourth-order valence-electron chi connectivity index (χ4n) is 1.70. The van der Waals surface area contributed by atoms with Gasteiger partial charge in [0.1, 0.15) is 11.6 Å². The van der Waals surface area contributed by atoms with Gasteiger partial charge in [0.15, 0.2) is 0 Å². The van der Waals surface area contributed by atoms with E-state index in [9.17, 15) is 13.2 Å². The molecule has 0 aliphatic rings. The molecular weight excluding hydrogens is 335 g/mol. The third-order valence-corrected chi connectivity index (χ3v) is 3.47. The Hall–Kier alpha value is -1.10. The Morgan fingerprint density at radius 1 is 1.05 bits per heavy atom. The molecule has 0 spiro atoms. The number of hydrogen-bond acceptors (Lipinski definition) is 1. The molecule has 1 nitrogen and oxygen atoms in total. The van der Waals surface area contributed by atoms with E-state index < -0.39 is 12.4 Å². The maximum atomic E-state index is 14.0. The average Bonchev–Trinajstić information content (AvgIpc) is 2.34. The fourth-order valence-corrected chi connectivity index (χ4v) is 2.39. The lowest BCUT2D eigenvalue weighted by Gasteiger charge is -2.14. The minimum atomic E-state index is -3.09. The van der Waals surface area contributed by atoms with Crippen molar-refractivity contribution >= 4 is 34.8 Å². The molecule has 20 heavy (non-hydrogen) atoms. The van der Waals surface area contributed by atoms with Crippen LogP contribution in [0.5, 0.6) is 5.75 Å². The highest BCUT2D eigenvalue weighted by atomic mass is 35.5. The average molecular weight is 342 g/mol. The van der Waals surface area contributed by atoms with Crippen LogP contribution in [0, 0.1) is 5.82 Å². The summed E-state index contributed by atoms with van der Waals surface area (Å²) in [6.07, 6.45) is 0. The van der Waals surface area contributed by atoms with Crippen molar-refractivity contribution in [2.24, 2.45) is 0 Å². The number of halogens is 6. The summed E-state index contributed by atoms with van der Waals surface area (Å²) in [5.74, 6) is -1.12. The second-order valence-corrected chi connectivity index (χ2v) is 4.96. The quantitative estimate of drug-likeness (QED) is 0.617. The molecule has 0 amide bonds. The van der Waals surface area contributed by atoms with Crippen molar-refractivity contribution < 1.29 is 17.9 Å². The summed E-state index contributed by atoms with van der Waals surface area (Å²) in [6, 6.07) is 6.24. The number of rotatable bonds is 3. The molecule has 0 heterocycles. The minimum absolute atomic E-state index is 0.000262. The first-order valence-corrected chi connectivity index (χ1v) is 6.41. The number of alkyl halides is 2. The molecule has 0 atom stereocenters. The zero-order valence-corrected chi connectivity index (χ0v) is 11.9. The van der Waals surface area contributed by atoms with Gasteiger partial charge in [-0.15, -0.1) is 0 Å². The number of ether oxygens (including phenoxy) is 1. The van der Waals surface area contributed by atoms with Crippen molar-refractivity contribution in [1.29, 1.82) is 0 Å². The van der Waals surface area contributed by atoms with Crippen LogP contribution in [0.25, 0.3) is 11.1 Å². The Kier molecular flexibility index (Phi) is 4.68. The Morgan fingerprint density at radius 3 is 2.40 bits per heavy atom. The first-order chi connectivity index (χ1) is 9.40. The van der Waals surface area contributed by atoms with E-state index in [0.717, 1.165) is 6.07 Å². The standard InChI is InChI=1S/C13H6Cl3F3O/c14-6-4-7(12(16)8(15)5-6)11-9(17)2-1-3-10(11)20-13(18)19/h1-5,13H. The minimum Gasteiger partial charge on any atom is -0.434 e. The Balaban J connectivity index is 2.69. The van der Waals surface area contributed by atoms with Gasteiger partial charge >= 0.3 is 6.61 Å². The van der Waals surface area contributed by atoms with Crippen LogP contribution in [0.2, 0.25) is 15.1 Å². The first-order valence-electron chi connectivity index (χ1n) is 5.28. The van der Waals surface area contributed by atoms with Gasteiger partial charge in [0, 0.05) is 10.6 Å². The van der Waals surface area contributed by atoms with Gasteiger partial charge in [-0.3, -0.25) is 0 Å². The van der Waals surface area contributed by atoms with E-state index in [1.54, 1.807) is 0 Å². The molecule has 0 saturated carbocycles. The molecule has 106 valence electrons. The smallest absolute Gasteiger partial charge is 0.387 e. The van der Waals surface area contributed by atoms with Gasteiger partial charge in [0.2, 0.25) is 0 Å². The highest BCUT2D eigenvalue weighted by molar-refractivity contribution is 6.45. The molecule has 2 rings (SSSR count). The number of benzene rings is 2. The van der Waals surface area contributed by atoms with Crippen LogP contribution in [0.1, 0.15) is 0 Å². The molecule has 0 N–H and O–H groups in total. The van der Waals surface area contributed by atoms with Crippen molar-refractivity contribution in [1.82, 2.24) is 0 Å². The zero-order chi connectivity index (χ0) is 14.9. The highest BCUT2D eigenvalue weighted by Crippen LogP contribution is 2.42. The number of hydrogen-bond donors (Lipinski definition) is 0. The summed E-state index contributed by atoms with van der Waals surface area (Å²) in [7, 11) is 0. The normalized spacial score (nSPS) is 10.9. The van der Waals surface area contributed by atoms with Gasteiger partial charge in [-0.2, -0.15) is 8.78 Å². The zero-order valence-electron chi connectivity index (χ0n) is 9.64. The summed E-state index contributed by atoms with van der Waals surface area (Å²) in [6.45, 7) is -3.09. The summed E-state index contributed by atoms with van der Waals surface area (Å²) in [5, 5.41) is 0.279. The van der Waals surface area contributed by atoms with Crippen LogP contribution in [-0.2, 0) is 0 Å². The van der Waals surface area contributed by atoms with Crippen LogP contribution in [-0.4, -0.2) is 6.61 Å². The van der Waals surface area contributed by atoms with E-state index in [1.165, 1.54) is 24.3 Å². The monoisotopic (exact) mass is 340 g/mol. The molecule has 7 heteroatoms. The largest absolute Gasteiger partial charge is 0.434 e. The van der Waals surface area contributed by atoms with Crippen molar-refractivity contribution in [2.75, 3.05) is 0 Å². The summed E-state index contributed by atoms with van der Waals surface area (Å²) < 4.78 is 43.0. The molecule has 0 aliphatic carbocycles. The van der Waals surface area contributed by atoms with E-state index >= 15 is 0 Å². The Morgan fingerprint density at radius 2 is 1.75 bits per heavy atom. The van der Waals surface area contributed by atoms with Crippen LogP contribution in [0.15, 0.2) is 30.3 Å². The van der Waals surface area contributed by atoms with Crippen LogP contribution >= 0.6 is 34.8 Å². The SMILES string of the molecule is Fc1cccc(OC(F)F)c1-c1cc(Cl)cc(Cl)c1Cl. The molecule has 0 saturated heterocycles. The van der Waals surface area contributed by atoms with Gasteiger partial charge < -0.3 is 4.74 Å². The molecule has 0 fully saturated rings. The van der Waals surface area contributed by atoms with E-state index in [4.69, 9.17) is 34.8 Å². The van der Waals surface area contributed by atoms with Crippen LogP contribution in [0.3, 0.4) is 0 Å². The van der Waals surface area contributed by atoms with Gasteiger partial charge in [0.05, 0.1) is 15.6 Å². The maximum Gasteiger partial charge on any atom is 0.387 e. The van der Waals surface area contributed by atoms with Gasteiger partial charge in [-0.1, -0.05) is 40.9 Å². The molecule has 0 radical (unpaired) electrons. The molecule has 0 bridgehead atoms.